The van der Waals surface area contributed by atoms with Gasteiger partial charge in [0, 0.05) is 18.2 Å². The van der Waals surface area contributed by atoms with E-state index in [4.69, 9.17) is 10.2 Å². The molecule has 0 fully saturated rings. The van der Waals surface area contributed by atoms with Gasteiger partial charge in [-0.2, -0.15) is 0 Å². The molecule has 1 rings (SSSR count). The number of amides is 2. The Morgan fingerprint density at radius 2 is 1.72 bits per heavy atom. The molecule has 0 radical (unpaired) electrons. The highest BCUT2D eigenvalue weighted by molar-refractivity contribution is 6.74. The first-order chi connectivity index (χ1) is 11.3. The van der Waals surface area contributed by atoms with Crippen LogP contribution in [-0.2, 0) is 9.22 Å². The molecule has 5 nitrogen and oxygen atoms in total. The lowest BCUT2D eigenvalue weighted by Crippen LogP contribution is -2.47. The smallest absolute Gasteiger partial charge is 0.252 e. The number of hydrogen-bond acceptors (Lipinski definition) is 3. The van der Waals surface area contributed by atoms with Crippen LogP contribution in [0.1, 0.15) is 37.6 Å². The first-order valence-corrected chi connectivity index (χ1v) is 10.9. The molecule has 0 aliphatic rings. The van der Waals surface area contributed by atoms with E-state index in [9.17, 15) is 18.4 Å². The molecular weight excluding hydrogens is 346 g/mol. The first-order valence-electron chi connectivity index (χ1n) is 8.04. The molecule has 0 aromatic heterocycles. The molecule has 1 aromatic rings. The lowest BCUT2D eigenvalue weighted by Gasteiger charge is -2.36. The third-order valence-electron chi connectivity index (χ3n) is 4.45. The van der Waals surface area contributed by atoms with Gasteiger partial charge >= 0.3 is 0 Å². The number of benzene rings is 1. The predicted molar refractivity (Wildman–Crippen MR) is 94.6 cm³/mol. The Balaban J connectivity index is 2.72. The molecule has 0 aliphatic carbocycles. The van der Waals surface area contributed by atoms with Crippen molar-refractivity contribution in [3.05, 3.63) is 35.4 Å². The molecule has 8 heteroatoms. The summed E-state index contributed by atoms with van der Waals surface area (Å²) in [4.78, 5) is 23.7. The number of primary amides is 1. The zero-order valence-corrected chi connectivity index (χ0v) is 16.3. The third kappa shape index (κ3) is 6.21. The van der Waals surface area contributed by atoms with E-state index in [1.807, 2.05) is 0 Å². The van der Waals surface area contributed by atoms with Crippen LogP contribution < -0.4 is 11.1 Å². The van der Waals surface area contributed by atoms with E-state index < -0.39 is 37.8 Å². The van der Waals surface area contributed by atoms with Crippen LogP contribution in [0.15, 0.2) is 18.2 Å². The number of rotatable bonds is 7. The fourth-order valence-electron chi connectivity index (χ4n) is 1.86. The lowest BCUT2D eigenvalue weighted by molar-refractivity contribution is -0.120. The standard InChI is InChI=1S/C17H26F2N2O3Si/c1-17(2,3)25(4,5)24-7-6-14(15(20)22)21-16(23)11-8-12(18)10-13(19)9-11/h8-10,14H,6-7H2,1-5H3,(H2,20,22)(H,21,23)/t14-/m0/s1. The van der Waals surface area contributed by atoms with Gasteiger partial charge in [-0.1, -0.05) is 20.8 Å². The molecule has 0 aliphatic heterocycles. The van der Waals surface area contributed by atoms with Gasteiger partial charge in [-0.3, -0.25) is 9.59 Å². The Bertz CT molecular complexity index is 625. The largest absolute Gasteiger partial charge is 0.417 e. The van der Waals surface area contributed by atoms with E-state index in [1.54, 1.807) is 0 Å². The molecule has 1 atom stereocenters. The van der Waals surface area contributed by atoms with Gasteiger partial charge < -0.3 is 15.5 Å². The monoisotopic (exact) mass is 372 g/mol. The number of carbonyl (C=O) groups is 2. The van der Waals surface area contributed by atoms with Crippen LogP contribution >= 0.6 is 0 Å². The quantitative estimate of drug-likeness (QED) is 0.722. The summed E-state index contributed by atoms with van der Waals surface area (Å²) in [6.45, 7) is 10.7. The van der Waals surface area contributed by atoms with Crippen molar-refractivity contribution < 1.29 is 22.8 Å². The summed E-state index contributed by atoms with van der Waals surface area (Å²) in [5.74, 6) is -3.25. The number of carbonyl (C=O) groups excluding carboxylic acids is 2. The molecule has 0 saturated heterocycles. The Morgan fingerprint density at radius 3 is 2.16 bits per heavy atom. The van der Waals surface area contributed by atoms with Gasteiger partial charge in [-0.25, -0.2) is 8.78 Å². The molecule has 3 N–H and O–H groups in total. The molecule has 2 amide bonds. The molecule has 1 aromatic carbocycles. The van der Waals surface area contributed by atoms with E-state index in [0.717, 1.165) is 12.1 Å². The van der Waals surface area contributed by atoms with Crippen LogP contribution in [0.25, 0.3) is 0 Å². The van der Waals surface area contributed by atoms with Crippen molar-refractivity contribution in [2.75, 3.05) is 6.61 Å². The average molecular weight is 372 g/mol. The lowest BCUT2D eigenvalue weighted by atomic mass is 10.1. The summed E-state index contributed by atoms with van der Waals surface area (Å²) in [5.41, 5.74) is 5.10. The second kappa shape index (κ2) is 8.05. The van der Waals surface area contributed by atoms with Crippen LogP contribution in [0.4, 0.5) is 8.78 Å². The van der Waals surface area contributed by atoms with E-state index in [0.29, 0.717) is 6.07 Å². The van der Waals surface area contributed by atoms with E-state index >= 15 is 0 Å². The molecule has 0 spiro atoms. The number of hydrogen-bond donors (Lipinski definition) is 2. The normalized spacial score (nSPS) is 13.4. The number of halogens is 2. The SMILES string of the molecule is CC(C)(C)[Si](C)(C)OCC[C@H](NC(=O)c1cc(F)cc(F)c1)C(N)=O. The molecule has 140 valence electrons. The molecule has 0 unspecified atom stereocenters. The van der Waals surface area contributed by atoms with E-state index in [2.05, 4.69) is 39.2 Å². The Hall–Kier alpha value is -1.80. The molecular formula is C17H26F2N2O3Si. The van der Waals surface area contributed by atoms with Gasteiger partial charge in [0.2, 0.25) is 5.91 Å². The fraction of sp³-hybridized carbons (Fsp3) is 0.529. The van der Waals surface area contributed by atoms with Crippen LogP contribution in [0, 0.1) is 11.6 Å². The first kappa shape index (κ1) is 21.2. The molecule has 0 saturated carbocycles. The summed E-state index contributed by atoms with van der Waals surface area (Å²) >= 11 is 0. The van der Waals surface area contributed by atoms with Crippen molar-refractivity contribution in [1.29, 1.82) is 0 Å². The zero-order chi connectivity index (χ0) is 19.4. The van der Waals surface area contributed by atoms with E-state index in [-0.39, 0.29) is 23.6 Å². The highest BCUT2D eigenvalue weighted by Gasteiger charge is 2.37. The Labute approximate surface area is 148 Å². The summed E-state index contributed by atoms with van der Waals surface area (Å²) in [6.07, 6.45) is 0.186. The highest BCUT2D eigenvalue weighted by Crippen LogP contribution is 2.36. The van der Waals surface area contributed by atoms with Crippen molar-refractivity contribution in [3.8, 4) is 0 Å². The number of nitrogens with one attached hydrogen (secondary N) is 1. The van der Waals surface area contributed by atoms with Crippen LogP contribution in [-0.4, -0.2) is 32.8 Å². The van der Waals surface area contributed by atoms with Crippen LogP contribution in [0.5, 0.6) is 0 Å². The van der Waals surface area contributed by atoms with Crippen LogP contribution in [0.2, 0.25) is 18.1 Å². The van der Waals surface area contributed by atoms with E-state index in [1.165, 1.54) is 0 Å². The van der Waals surface area contributed by atoms with Crippen LogP contribution in [0.3, 0.4) is 0 Å². The predicted octanol–water partition coefficient (Wildman–Crippen LogP) is 2.96. The molecule has 0 bridgehead atoms. The minimum atomic E-state index is -1.99. The van der Waals surface area contributed by atoms with Gasteiger partial charge in [-0.05, 0) is 36.7 Å². The zero-order valence-electron chi connectivity index (χ0n) is 15.3. The Morgan fingerprint density at radius 1 is 1.20 bits per heavy atom. The van der Waals surface area contributed by atoms with Crippen molar-refractivity contribution in [2.24, 2.45) is 5.73 Å². The van der Waals surface area contributed by atoms with Gasteiger partial charge in [0.25, 0.3) is 5.91 Å². The fourth-order valence-corrected chi connectivity index (χ4v) is 2.92. The van der Waals surface area contributed by atoms with Gasteiger partial charge in [-0.15, -0.1) is 0 Å². The number of nitrogens with two attached hydrogens (primary N) is 1. The Kier molecular flexibility index (Phi) is 6.84. The van der Waals surface area contributed by atoms with Crippen molar-refractivity contribution in [1.82, 2.24) is 5.32 Å². The van der Waals surface area contributed by atoms with Gasteiger partial charge in [0.05, 0.1) is 0 Å². The maximum Gasteiger partial charge on any atom is 0.252 e. The van der Waals surface area contributed by atoms with Crippen molar-refractivity contribution >= 4 is 20.1 Å². The molecule has 0 heterocycles. The van der Waals surface area contributed by atoms with Gasteiger partial charge in [0.1, 0.15) is 17.7 Å². The minimum absolute atomic E-state index is 0.0115. The van der Waals surface area contributed by atoms with Crippen molar-refractivity contribution in [2.45, 2.75) is 51.4 Å². The third-order valence-corrected chi connectivity index (χ3v) is 8.99. The average Bonchev–Trinajstić information content (AvgIpc) is 2.43. The van der Waals surface area contributed by atoms with Gasteiger partial charge in [0.15, 0.2) is 8.32 Å². The van der Waals surface area contributed by atoms with Crippen molar-refractivity contribution in [3.63, 3.8) is 0 Å². The second-order valence-corrected chi connectivity index (χ2v) is 12.3. The summed E-state index contributed by atoms with van der Waals surface area (Å²) in [7, 11) is -1.99. The highest BCUT2D eigenvalue weighted by atomic mass is 28.4. The minimum Gasteiger partial charge on any atom is -0.417 e. The summed E-state index contributed by atoms with van der Waals surface area (Å²) in [6, 6.07) is 1.46. The summed E-state index contributed by atoms with van der Waals surface area (Å²) in [5, 5.41) is 2.41. The maximum absolute atomic E-state index is 13.2. The molecule has 25 heavy (non-hydrogen) atoms. The second-order valence-electron chi connectivity index (χ2n) is 7.48. The maximum atomic E-state index is 13.2. The summed E-state index contributed by atoms with van der Waals surface area (Å²) < 4.78 is 32.4. The topological polar surface area (TPSA) is 81.4 Å².